The average molecular weight is 262 g/mol. The fraction of sp³-hybridized carbons (Fsp3) is 0.917. The molecular formula is C12H26N2O2S. The zero-order valence-corrected chi connectivity index (χ0v) is 11.9. The van der Waals surface area contributed by atoms with Crippen molar-refractivity contribution in [3.05, 3.63) is 0 Å². The van der Waals surface area contributed by atoms with Gasteiger partial charge in [-0.25, -0.2) is 0 Å². The van der Waals surface area contributed by atoms with Gasteiger partial charge in [0.15, 0.2) is 0 Å². The van der Waals surface area contributed by atoms with Crippen LogP contribution in [0.4, 0.5) is 0 Å². The second-order valence-electron chi connectivity index (χ2n) is 4.26. The van der Waals surface area contributed by atoms with Crippen LogP contribution in [0, 0.1) is 0 Å². The Kier molecular flexibility index (Phi) is 10.5. The van der Waals surface area contributed by atoms with Gasteiger partial charge in [0.25, 0.3) is 0 Å². The molecule has 0 aliphatic heterocycles. The summed E-state index contributed by atoms with van der Waals surface area (Å²) >= 11 is 0. The molecule has 5 heteroatoms. The standard InChI is InChI=1S/C12H26N2O2S/c1-3-4-5-10-17(16)11-7-12(15)14(2)9-6-8-13/h3-11,13H2,1-2H3. The quantitative estimate of drug-likeness (QED) is 0.600. The van der Waals surface area contributed by atoms with Crippen LogP contribution in [-0.2, 0) is 15.6 Å². The zero-order chi connectivity index (χ0) is 13.1. The van der Waals surface area contributed by atoms with Crippen LogP contribution in [0.25, 0.3) is 0 Å². The van der Waals surface area contributed by atoms with Crippen molar-refractivity contribution in [3.63, 3.8) is 0 Å². The number of carbonyl (C=O) groups is 1. The number of nitrogens with two attached hydrogens (primary N) is 1. The number of amides is 1. The molecule has 0 saturated carbocycles. The fourth-order valence-corrected chi connectivity index (χ4v) is 2.59. The molecule has 0 aromatic rings. The number of rotatable bonds is 10. The number of hydrogen-bond acceptors (Lipinski definition) is 3. The van der Waals surface area contributed by atoms with Crippen molar-refractivity contribution >= 4 is 16.7 Å². The second kappa shape index (κ2) is 10.7. The summed E-state index contributed by atoms with van der Waals surface area (Å²) in [6.45, 7) is 3.41. The lowest BCUT2D eigenvalue weighted by atomic mass is 10.3. The minimum Gasteiger partial charge on any atom is -0.346 e. The predicted octanol–water partition coefficient (Wildman–Crippen LogP) is 1.12. The first kappa shape index (κ1) is 16.6. The van der Waals surface area contributed by atoms with Crippen molar-refractivity contribution in [2.75, 3.05) is 31.6 Å². The van der Waals surface area contributed by atoms with E-state index in [1.54, 1.807) is 11.9 Å². The number of unbranched alkanes of at least 4 members (excludes halogenated alkanes) is 2. The van der Waals surface area contributed by atoms with Gasteiger partial charge in [-0.2, -0.15) is 0 Å². The molecule has 0 bridgehead atoms. The van der Waals surface area contributed by atoms with Gasteiger partial charge in [-0.05, 0) is 19.4 Å². The third kappa shape index (κ3) is 9.30. The Morgan fingerprint density at radius 3 is 2.53 bits per heavy atom. The fourth-order valence-electron chi connectivity index (χ4n) is 1.46. The molecule has 0 spiro atoms. The van der Waals surface area contributed by atoms with E-state index in [-0.39, 0.29) is 5.91 Å². The SMILES string of the molecule is CCCCCS(=O)CCC(=O)N(C)CCCN. The molecule has 0 rings (SSSR count). The lowest BCUT2D eigenvalue weighted by Gasteiger charge is -2.16. The monoisotopic (exact) mass is 262 g/mol. The molecular weight excluding hydrogens is 236 g/mol. The average Bonchev–Trinajstić information content (AvgIpc) is 2.33. The lowest BCUT2D eigenvalue weighted by Crippen LogP contribution is -2.30. The highest BCUT2D eigenvalue weighted by atomic mass is 32.2. The summed E-state index contributed by atoms with van der Waals surface area (Å²) in [5, 5.41) is 0. The first-order chi connectivity index (χ1) is 8.11. The van der Waals surface area contributed by atoms with Gasteiger partial charge < -0.3 is 10.6 Å². The van der Waals surface area contributed by atoms with Gasteiger partial charge in [0, 0.05) is 42.3 Å². The summed E-state index contributed by atoms with van der Waals surface area (Å²) in [6.07, 6.45) is 4.47. The van der Waals surface area contributed by atoms with Gasteiger partial charge in [-0.1, -0.05) is 19.8 Å². The highest BCUT2D eigenvalue weighted by Crippen LogP contribution is 2.00. The van der Waals surface area contributed by atoms with Crippen LogP contribution in [0.3, 0.4) is 0 Å². The van der Waals surface area contributed by atoms with Crippen LogP contribution in [0.1, 0.15) is 39.0 Å². The smallest absolute Gasteiger partial charge is 0.223 e. The molecule has 0 saturated heterocycles. The van der Waals surface area contributed by atoms with Gasteiger partial charge in [0.2, 0.25) is 5.91 Å². The number of nitrogens with zero attached hydrogens (tertiary/aromatic N) is 1. The van der Waals surface area contributed by atoms with Gasteiger partial charge in [-0.3, -0.25) is 9.00 Å². The van der Waals surface area contributed by atoms with E-state index in [4.69, 9.17) is 5.73 Å². The van der Waals surface area contributed by atoms with Crippen molar-refractivity contribution < 1.29 is 9.00 Å². The third-order valence-corrected chi connectivity index (χ3v) is 4.05. The summed E-state index contributed by atoms with van der Waals surface area (Å²) in [4.78, 5) is 13.3. The molecule has 17 heavy (non-hydrogen) atoms. The van der Waals surface area contributed by atoms with E-state index in [0.717, 1.165) is 31.4 Å². The normalized spacial score (nSPS) is 12.4. The summed E-state index contributed by atoms with van der Waals surface area (Å²) in [5.41, 5.74) is 5.38. The molecule has 0 heterocycles. The van der Waals surface area contributed by atoms with E-state index in [1.165, 1.54) is 0 Å². The van der Waals surface area contributed by atoms with Crippen LogP contribution in [0.15, 0.2) is 0 Å². The first-order valence-electron chi connectivity index (χ1n) is 6.40. The van der Waals surface area contributed by atoms with Crippen molar-refractivity contribution in [2.24, 2.45) is 5.73 Å². The van der Waals surface area contributed by atoms with Crippen molar-refractivity contribution in [3.8, 4) is 0 Å². The Morgan fingerprint density at radius 1 is 1.24 bits per heavy atom. The molecule has 102 valence electrons. The van der Waals surface area contributed by atoms with E-state index in [1.807, 2.05) is 0 Å². The van der Waals surface area contributed by atoms with E-state index < -0.39 is 10.8 Å². The largest absolute Gasteiger partial charge is 0.346 e. The Bertz CT molecular complexity index is 235. The van der Waals surface area contributed by atoms with E-state index in [2.05, 4.69) is 6.92 Å². The van der Waals surface area contributed by atoms with Gasteiger partial charge in [0.1, 0.15) is 0 Å². The first-order valence-corrected chi connectivity index (χ1v) is 7.89. The molecule has 0 radical (unpaired) electrons. The number of hydrogen-bond donors (Lipinski definition) is 1. The molecule has 0 aliphatic carbocycles. The van der Waals surface area contributed by atoms with E-state index >= 15 is 0 Å². The molecule has 0 aliphatic rings. The van der Waals surface area contributed by atoms with Crippen LogP contribution in [0.2, 0.25) is 0 Å². The minimum absolute atomic E-state index is 0.0716. The maximum absolute atomic E-state index is 11.6. The highest BCUT2D eigenvalue weighted by molar-refractivity contribution is 7.84. The molecule has 1 unspecified atom stereocenters. The maximum Gasteiger partial charge on any atom is 0.223 e. The molecule has 2 N–H and O–H groups in total. The van der Waals surface area contributed by atoms with Crippen LogP contribution in [-0.4, -0.2) is 46.7 Å². The second-order valence-corrected chi connectivity index (χ2v) is 5.96. The Hall–Kier alpha value is -0.420. The summed E-state index contributed by atoms with van der Waals surface area (Å²) in [7, 11) is 0.939. The Balaban J connectivity index is 3.64. The van der Waals surface area contributed by atoms with Crippen LogP contribution < -0.4 is 5.73 Å². The topological polar surface area (TPSA) is 63.4 Å². The van der Waals surface area contributed by atoms with Crippen molar-refractivity contribution in [2.45, 2.75) is 39.0 Å². The molecule has 1 atom stereocenters. The van der Waals surface area contributed by atoms with E-state index in [0.29, 0.717) is 25.3 Å². The van der Waals surface area contributed by atoms with Crippen LogP contribution in [0.5, 0.6) is 0 Å². The van der Waals surface area contributed by atoms with Crippen molar-refractivity contribution in [1.29, 1.82) is 0 Å². The Labute approximate surface area is 107 Å². The lowest BCUT2D eigenvalue weighted by molar-refractivity contribution is -0.129. The summed E-state index contributed by atoms with van der Waals surface area (Å²) < 4.78 is 11.6. The third-order valence-electron chi connectivity index (χ3n) is 2.64. The molecule has 4 nitrogen and oxygen atoms in total. The maximum atomic E-state index is 11.6. The van der Waals surface area contributed by atoms with Crippen molar-refractivity contribution in [1.82, 2.24) is 4.90 Å². The van der Waals surface area contributed by atoms with Gasteiger partial charge >= 0.3 is 0 Å². The Morgan fingerprint density at radius 2 is 1.94 bits per heavy atom. The molecule has 0 aromatic carbocycles. The molecule has 0 aromatic heterocycles. The minimum atomic E-state index is -0.837. The van der Waals surface area contributed by atoms with Gasteiger partial charge in [-0.15, -0.1) is 0 Å². The predicted molar refractivity (Wildman–Crippen MR) is 73.3 cm³/mol. The summed E-state index contributed by atoms with van der Waals surface area (Å²) in [5.74, 6) is 1.30. The molecule has 1 amide bonds. The zero-order valence-electron chi connectivity index (χ0n) is 11.1. The van der Waals surface area contributed by atoms with Gasteiger partial charge in [0.05, 0.1) is 0 Å². The summed E-state index contributed by atoms with van der Waals surface area (Å²) in [6, 6.07) is 0. The van der Waals surface area contributed by atoms with E-state index in [9.17, 15) is 9.00 Å². The molecule has 0 fully saturated rings. The van der Waals surface area contributed by atoms with Crippen LogP contribution >= 0.6 is 0 Å². The number of carbonyl (C=O) groups excluding carboxylic acids is 1. The highest BCUT2D eigenvalue weighted by Gasteiger charge is 2.09.